The molecule has 1 fully saturated rings. The van der Waals surface area contributed by atoms with Gasteiger partial charge in [-0.1, -0.05) is 36.4 Å². The van der Waals surface area contributed by atoms with Crippen molar-refractivity contribution in [1.29, 1.82) is 0 Å². The van der Waals surface area contributed by atoms with E-state index in [0.29, 0.717) is 6.10 Å². The molecular formula is C22H27N3O. The number of benzene rings is 2. The molecule has 2 aromatic rings. The van der Waals surface area contributed by atoms with Gasteiger partial charge in [-0.15, -0.1) is 0 Å². The molecule has 1 atom stereocenters. The molecule has 4 rings (SSSR count). The van der Waals surface area contributed by atoms with Gasteiger partial charge in [0.05, 0.1) is 19.4 Å². The summed E-state index contributed by atoms with van der Waals surface area (Å²) >= 11 is 0. The van der Waals surface area contributed by atoms with Crippen LogP contribution in [0.2, 0.25) is 0 Å². The highest BCUT2D eigenvalue weighted by atomic mass is 16.5. The molecule has 0 amide bonds. The highest BCUT2D eigenvalue weighted by Crippen LogP contribution is 2.25. The van der Waals surface area contributed by atoms with E-state index in [1.807, 2.05) is 0 Å². The third-order valence-corrected chi connectivity index (χ3v) is 5.05. The minimum atomic E-state index is 0.351. The maximum absolute atomic E-state index is 5.84. The molecule has 4 nitrogen and oxygen atoms in total. The van der Waals surface area contributed by atoms with Crippen LogP contribution in [0.1, 0.15) is 29.5 Å². The zero-order chi connectivity index (χ0) is 17.9. The maximum Gasteiger partial charge on any atom is 0.137 e. The van der Waals surface area contributed by atoms with Gasteiger partial charge in [0.2, 0.25) is 0 Å². The van der Waals surface area contributed by atoms with E-state index in [-0.39, 0.29) is 0 Å². The van der Waals surface area contributed by atoms with E-state index in [4.69, 9.17) is 9.73 Å². The number of rotatable bonds is 4. The lowest BCUT2D eigenvalue weighted by Crippen LogP contribution is -2.49. The molecule has 2 aliphatic heterocycles. The van der Waals surface area contributed by atoms with E-state index in [1.165, 1.54) is 28.8 Å². The van der Waals surface area contributed by atoms with Gasteiger partial charge >= 0.3 is 0 Å². The summed E-state index contributed by atoms with van der Waals surface area (Å²) < 4.78 is 5.84. The lowest BCUT2D eigenvalue weighted by atomic mass is 10.1. The molecule has 0 radical (unpaired) electrons. The van der Waals surface area contributed by atoms with E-state index >= 15 is 0 Å². The number of amidine groups is 1. The quantitative estimate of drug-likeness (QED) is 0.836. The van der Waals surface area contributed by atoms with Crippen LogP contribution in [0.3, 0.4) is 0 Å². The molecule has 1 saturated heterocycles. The lowest BCUT2D eigenvalue weighted by Gasteiger charge is -2.37. The van der Waals surface area contributed by atoms with Gasteiger partial charge < -0.3 is 9.64 Å². The number of anilines is 1. The molecule has 0 saturated carbocycles. The number of nitrogens with zero attached hydrogens (tertiary/aromatic N) is 3. The molecule has 0 spiro atoms. The first-order chi connectivity index (χ1) is 12.7. The Hall–Kier alpha value is -2.17. The smallest absolute Gasteiger partial charge is 0.137 e. The maximum atomic E-state index is 5.84. The molecule has 2 heterocycles. The van der Waals surface area contributed by atoms with Gasteiger partial charge in [-0.05, 0) is 49.9 Å². The standard InChI is InChI=1S/C22H27N3O/c1-17-11-18(2)13-20(12-17)25-16-24(14-21-9-6-10-26-21)15-23-22(25)19-7-4-3-5-8-19/h3-5,7-8,11-13,21H,6,9-10,14-16H2,1-2H3. The third-order valence-electron chi connectivity index (χ3n) is 5.05. The van der Waals surface area contributed by atoms with E-state index in [9.17, 15) is 0 Å². The van der Waals surface area contributed by atoms with Crippen molar-refractivity contribution >= 4 is 11.5 Å². The lowest BCUT2D eigenvalue weighted by molar-refractivity contribution is 0.0739. The van der Waals surface area contributed by atoms with E-state index in [2.05, 4.69) is 72.2 Å². The summed E-state index contributed by atoms with van der Waals surface area (Å²) in [6.07, 6.45) is 2.69. The SMILES string of the molecule is Cc1cc(C)cc(N2CN(CC3CCCO3)CN=C2c2ccccc2)c1. The fourth-order valence-corrected chi connectivity index (χ4v) is 3.90. The van der Waals surface area contributed by atoms with Crippen molar-refractivity contribution in [1.82, 2.24) is 4.90 Å². The number of hydrogen-bond acceptors (Lipinski definition) is 4. The van der Waals surface area contributed by atoms with Gasteiger partial charge in [-0.3, -0.25) is 9.89 Å². The Morgan fingerprint density at radius 2 is 1.85 bits per heavy atom. The largest absolute Gasteiger partial charge is 0.377 e. The van der Waals surface area contributed by atoms with Crippen LogP contribution in [0.25, 0.3) is 0 Å². The van der Waals surface area contributed by atoms with Crippen LogP contribution >= 0.6 is 0 Å². The Morgan fingerprint density at radius 1 is 1.08 bits per heavy atom. The summed E-state index contributed by atoms with van der Waals surface area (Å²) in [6.45, 7) is 7.74. The zero-order valence-corrected chi connectivity index (χ0v) is 15.7. The van der Waals surface area contributed by atoms with Gasteiger partial charge in [-0.2, -0.15) is 0 Å². The number of hydrogen-bond donors (Lipinski definition) is 0. The molecule has 0 aromatic heterocycles. The highest BCUT2D eigenvalue weighted by molar-refractivity contribution is 6.10. The normalized spacial score (nSPS) is 21.1. The first kappa shape index (κ1) is 17.3. The molecule has 0 N–H and O–H groups in total. The van der Waals surface area contributed by atoms with Crippen molar-refractivity contribution in [2.45, 2.75) is 32.8 Å². The van der Waals surface area contributed by atoms with Gasteiger partial charge in [0.15, 0.2) is 0 Å². The van der Waals surface area contributed by atoms with Crippen molar-refractivity contribution in [2.24, 2.45) is 4.99 Å². The summed E-state index contributed by atoms with van der Waals surface area (Å²) in [5.74, 6) is 1.05. The van der Waals surface area contributed by atoms with Crippen molar-refractivity contribution in [3.63, 3.8) is 0 Å². The predicted molar refractivity (Wildman–Crippen MR) is 107 cm³/mol. The monoisotopic (exact) mass is 349 g/mol. The van der Waals surface area contributed by atoms with Crippen LogP contribution in [-0.2, 0) is 4.74 Å². The van der Waals surface area contributed by atoms with Gasteiger partial charge in [-0.25, -0.2) is 0 Å². The summed E-state index contributed by atoms with van der Waals surface area (Å²) in [7, 11) is 0. The predicted octanol–water partition coefficient (Wildman–Crippen LogP) is 3.97. The molecule has 26 heavy (non-hydrogen) atoms. The fraction of sp³-hybridized carbons (Fsp3) is 0.409. The first-order valence-corrected chi connectivity index (χ1v) is 9.49. The molecule has 0 bridgehead atoms. The number of ether oxygens (including phenoxy) is 1. The average molecular weight is 349 g/mol. The molecule has 0 aliphatic carbocycles. The second-order valence-corrected chi connectivity index (χ2v) is 7.39. The minimum absolute atomic E-state index is 0.351. The molecule has 2 aromatic carbocycles. The van der Waals surface area contributed by atoms with E-state index < -0.39 is 0 Å². The summed E-state index contributed by atoms with van der Waals surface area (Å²) in [5.41, 5.74) is 4.94. The van der Waals surface area contributed by atoms with Crippen LogP contribution in [0.15, 0.2) is 53.5 Å². The second kappa shape index (κ2) is 7.60. The van der Waals surface area contributed by atoms with Crippen molar-refractivity contribution in [3.05, 3.63) is 65.2 Å². The van der Waals surface area contributed by atoms with Crippen LogP contribution in [-0.4, -0.2) is 43.3 Å². The van der Waals surface area contributed by atoms with Gasteiger partial charge in [0.1, 0.15) is 5.84 Å². The highest BCUT2D eigenvalue weighted by Gasteiger charge is 2.26. The molecule has 2 aliphatic rings. The average Bonchev–Trinajstić information content (AvgIpc) is 3.15. The van der Waals surface area contributed by atoms with Gasteiger partial charge in [0.25, 0.3) is 0 Å². The molecular weight excluding hydrogens is 322 g/mol. The van der Waals surface area contributed by atoms with Crippen LogP contribution < -0.4 is 4.90 Å². The Kier molecular flexibility index (Phi) is 5.05. The summed E-state index contributed by atoms with van der Waals surface area (Å²) in [5, 5.41) is 0. The van der Waals surface area contributed by atoms with Crippen LogP contribution in [0, 0.1) is 13.8 Å². The third kappa shape index (κ3) is 3.81. The van der Waals surface area contributed by atoms with Gasteiger partial charge in [0, 0.05) is 24.4 Å². The fourth-order valence-electron chi connectivity index (χ4n) is 3.90. The molecule has 136 valence electrons. The Labute approximate surface area is 156 Å². The van der Waals surface area contributed by atoms with Crippen LogP contribution in [0.5, 0.6) is 0 Å². The topological polar surface area (TPSA) is 28.1 Å². The number of aryl methyl sites for hydroxylation is 2. The number of aliphatic imine (C=N–C) groups is 1. The van der Waals surface area contributed by atoms with Crippen molar-refractivity contribution in [3.8, 4) is 0 Å². The first-order valence-electron chi connectivity index (χ1n) is 9.49. The minimum Gasteiger partial charge on any atom is -0.377 e. The van der Waals surface area contributed by atoms with Crippen LogP contribution in [0.4, 0.5) is 5.69 Å². The van der Waals surface area contributed by atoms with E-state index in [0.717, 1.165) is 38.7 Å². The second-order valence-electron chi connectivity index (χ2n) is 7.39. The Bertz CT molecular complexity index is 761. The molecule has 4 heteroatoms. The molecule has 1 unspecified atom stereocenters. The summed E-state index contributed by atoms with van der Waals surface area (Å²) in [4.78, 5) is 9.68. The zero-order valence-electron chi connectivity index (χ0n) is 15.7. The van der Waals surface area contributed by atoms with Crippen molar-refractivity contribution < 1.29 is 4.74 Å². The van der Waals surface area contributed by atoms with E-state index in [1.54, 1.807) is 0 Å². The Morgan fingerprint density at radius 3 is 2.54 bits per heavy atom. The Balaban J connectivity index is 1.65. The van der Waals surface area contributed by atoms with Crippen molar-refractivity contribution in [2.75, 3.05) is 31.4 Å². The summed E-state index contributed by atoms with van der Waals surface area (Å²) in [6, 6.07) is 17.2.